The van der Waals surface area contributed by atoms with E-state index in [0.29, 0.717) is 17.1 Å². The second-order valence-electron chi connectivity index (χ2n) is 7.65. The monoisotopic (exact) mass is 480 g/mol. The number of halogens is 1. The van der Waals surface area contributed by atoms with Gasteiger partial charge >= 0.3 is 5.97 Å². The van der Waals surface area contributed by atoms with Gasteiger partial charge in [0.15, 0.2) is 6.61 Å². The number of rotatable bonds is 8. The lowest BCUT2D eigenvalue weighted by atomic mass is 10.1. The van der Waals surface area contributed by atoms with Gasteiger partial charge in [0, 0.05) is 41.5 Å². The fourth-order valence-corrected chi connectivity index (χ4v) is 5.56. The lowest BCUT2D eigenvalue weighted by Crippen LogP contribution is -2.41. The molecule has 0 amide bonds. The molecule has 3 rings (SSSR count). The molecular weight excluding hydrogens is 456 g/mol. The Bertz CT molecular complexity index is 1140. The smallest absolute Gasteiger partial charge is 0.325 e. The second-order valence-corrected chi connectivity index (χ2v) is 9.98. The number of hydrogen-bond donors (Lipinski definition) is 1. The highest BCUT2D eigenvalue weighted by atomic mass is 35.5. The third-order valence-corrected chi connectivity index (χ3v) is 7.60. The van der Waals surface area contributed by atoms with Crippen LogP contribution in [0.2, 0.25) is 5.02 Å². The summed E-state index contributed by atoms with van der Waals surface area (Å²) in [6.45, 7) is 7.12. The van der Waals surface area contributed by atoms with Crippen LogP contribution in [0.1, 0.15) is 28.2 Å². The molecule has 0 spiro atoms. The molecule has 1 aromatic carbocycles. The molecule has 0 unspecified atom stereocenters. The van der Waals surface area contributed by atoms with Gasteiger partial charge in [-0.1, -0.05) is 17.7 Å². The summed E-state index contributed by atoms with van der Waals surface area (Å²) >= 11 is 5.82. The van der Waals surface area contributed by atoms with Crippen molar-refractivity contribution in [2.45, 2.75) is 43.9 Å². The Morgan fingerprint density at radius 2 is 1.94 bits per heavy atom. The molecular formula is C22H25ClN2O6S. The fourth-order valence-electron chi connectivity index (χ4n) is 3.81. The number of carbonyl (C=O) groups is 2. The SMILES string of the molecule is C=CCn1c(C)cc(C(=O)COC(=O)[C@@H]2C[C@@H](O)CN2S(=O)(=O)c2ccc(Cl)cc2)c1C. The Kier molecular flexibility index (Phi) is 7.24. The first-order chi connectivity index (χ1) is 15.1. The van der Waals surface area contributed by atoms with Crippen molar-refractivity contribution in [1.82, 2.24) is 8.87 Å². The normalized spacial score (nSPS) is 19.1. The Hall–Kier alpha value is -2.46. The molecule has 2 atom stereocenters. The van der Waals surface area contributed by atoms with Crippen LogP contribution in [0.25, 0.3) is 0 Å². The topological polar surface area (TPSA) is 106 Å². The van der Waals surface area contributed by atoms with E-state index in [0.717, 1.165) is 15.7 Å². The molecule has 1 saturated heterocycles. The number of benzene rings is 1. The van der Waals surface area contributed by atoms with Crippen molar-refractivity contribution >= 4 is 33.4 Å². The third-order valence-electron chi connectivity index (χ3n) is 5.46. The van der Waals surface area contributed by atoms with E-state index in [2.05, 4.69) is 6.58 Å². The second kappa shape index (κ2) is 9.58. The van der Waals surface area contributed by atoms with Gasteiger partial charge in [-0.25, -0.2) is 8.42 Å². The van der Waals surface area contributed by atoms with E-state index < -0.39 is 40.5 Å². The molecule has 8 nitrogen and oxygen atoms in total. The van der Waals surface area contributed by atoms with Crippen LogP contribution in [0, 0.1) is 13.8 Å². The van der Waals surface area contributed by atoms with Crippen LogP contribution in [0.5, 0.6) is 0 Å². The summed E-state index contributed by atoms with van der Waals surface area (Å²) in [5, 5.41) is 10.4. The van der Waals surface area contributed by atoms with Gasteiger partial charge in [0.05, 0.1) is 11.0 Å². The molecule has 0 aliphatic carbocycles. The molecule has 172 valence electrons. The summed E-state index contributed by atoms with van der Waals surface area (Å²) < 4.78 is 34.0. The number of aromatic nitrogens is 1. The summed E-state index contributed by atoms with van der Waals surface area (Å²) in [4.78, 5) is 25.3. The average molecular weight is 481 g/mol. The lowest BCUT2D eigenvalue weighted by molar-refractivity contribution is -0.146. The first-order valence-electron chi connectivity index (χ1n) is 9.99. The largest absolute Gasteiger partial charge is 0.456 e. The number of allylic oxidation sites excluding steroid dienone is 1. The van der Waals surface area contributed by atoms with Crippen molar-refractivity contribution in [2.24, 2.45) is 0 Å². The molecule has 2 heterocycles. The van der Waals surface area contributed by atoms with Crippen molar-refractivity contribution in [3.63, 3.8) is 0 Å². The van der Waals surface area contributed by atoms with Crippen LogP contribution in [0.4, 0.5) is 0 Å². The minimum atomic E-state index is -4.07. The summed E-state index contributed by atoms with van der Waals surface area (Å²) in [5.41, 5.74) is 2.03. The summed E-state index contributed by atoms with van der Waals surface area (Å²) in [5.74, 6) is -1.28. The molecule has 1 aliphatic rings. The summed E-state index contributed by atoms with van der Waals surface area (Å²) in [6.07, 6.45) is 0.575. The highest BCUT2D eigenvalue weighted by Crippen LogP contribution is 2.28. The van der Waals surface area contributed by atoms with Crippen molar-refractivity contribution in [3.8, 4) is 0 Å². The number of hydrogen-bond acceptors (Lipinski definition) is 6. The van der Waals surface area contributed by atoms with E-state index in [1.807, 2.05) is 11.5 Å². The molecule has 2 aromatic rings. The minimum Gasteiger partial charge on any atom is -0.456 e. The number of ether oxygens (including phenoxy) is 1. The molecule has 32 heavy (non-hydrogen) atoms. The highest BCUT2D eigenvalue weighted by Gasteiger charge is 2.44. The molecule has 1 N–H and O–H groups in total. The Morgan fingerprint density at radius 3 is 2.56 bits per heavy atom. The van der Waals surface area contributed by atoms with Gasteiger partial charge in [-0.2, -0.15) is 4.31 Å². The maximum atomic E-state index is 13.0. The van der Waals surface area contributed by atoms with Crippen LogP contribution in [0.3, 0.4) is 0 Å². The number of carbonyl (C=O) groups excluding carboxylic acids is 2. The van der Waals surface area contributed by atoms with E-state index in [1.165, 1.54) is 24.3 Å². The van der Waals surface area contributed by atoms with Crippen LogP contribution >= 0.6 is 11.6 Å². The first-order valence-corrected chi connectivity index (χ1v) is 11.8. The number of sulfonamides is 1. The van der Waals surface area contributed by atoms with E-state index in [-0.39, 0.29) is 17.9 Å². The average Bonchev–Trinajstić information content (AvgIpc) is 3.28. The van der Waals surface area contributed by atoms with E-state index in [4.69, 9.17) is 16.3 Å². The molecule has 1 aliphatic heterocycles. The van der Waals surface area contributed by atoms with Crippen molar-refractivity contribution < 1.29 is 27.9 Å². The zero-order valence-electron chi connectivity index (χ0n) is 17.8. The zero-order valence-corrected chi connectivity index (χ0v) is 19.4. The number of aliphatic hydroxyl groups is 1. The third kappa shape index (κ3) is 4.80. The van der Waals surface area contributed by atoms with Crippen molar-refractivity contribution in [3.05, 3.63) is 65.0 Å². The molecule has 10 heteroatoms. The van der Waals surface area contributed by atoms with E-state index in [9.17, 15) is 23.1 Å². The quantitative estimate of drug-likeness (QED) is 0.353. The van der Waals surface area contributed by atoms with Crippen LogP contribution in [0.15, 0.2) is 47.9 Å². The van der Waals surface area contributed by atoms with Gasteiger partial charge in [-0.15, -0.1) is 6.58 Å². The molecule has 0 radical (unpaired) electrons. The van der Waals surface area contributed by atoms with Crippen LogP contribution in [-0.2, 0) is 26.1 Å². The zero-order chi connectivity index (χ0) is 23.6. The minimum absolute atomic E-state index is 0.0560. The van der Waals surface area contributed by atoms with Crippen LogP contribution < -0.4 is 0 Å². The molecule has 0 bridgehead atoms. The Morgan fingerprint density at radius 1 is 1.28 bits per heavy atom. The number of aliphatic hydroxyl groups excluding tert-OH is 1. The maximum Gasteiger partial charge on any atom is 0.325 e. The number of Topliss-reactive ketones (excluding diaryl/α,β-unsaturated/α-hetero) is 1. The maximum absolute atomic E-state index is 13.0. The van der Waals surface area contributed by atoms with Gasteiger partial charge in [0.1, 0.15) is 6.04 Å². The van der Waals surface area contributed by atoms with Crippen molar-refractivity contribution in [1.29, 1.82) is 0 Å². The van der Waals surface area contributed by atoms with Gasteiger partial charge in [-0.05, 0) is 44.2 Å². The summed E-state index contributed by atoms with van der Waals surface area (Å²) in [6, 6.07) is 5.99. The standard InChI is InChI=1S/C22H25ClN2O6S/c1-4-9-24-14(2)10-19(15(24)3)21(27)13-31-22(28)20-11-17(26)12-25(20)32(29,30)18-7-5-16(23)6-8-18/h4-8,10,17,20,26H,1,9,11-13H2,2-3H3/t17-,20+/m1/s1. The van der Waals surface area contributed by atoms with Crippen LogP contribution in [-0.4, -0.2) is 59.4 Å². The first kappa shape index (κ1) is 24.2. The Balaban J connectivity index is 1.74. The predicted octanol–water partition coefficient (Wildman–Crippen LogP) is 2.49. The van der Waals surface area contributed by atoms with E-state index in [1.54, 1.807) is 19.1 Å². The Labute approximate surface area is 192 Å². The number of esters is 1. The van der Waals surface area contributed by atoms with Gasteiger partial charge in [0.2, 0.25) is 15.8 Å². The van der Waals surface area contributed by atoms with Gasteiger partial charge in [-0.3, -0.25) is 9.59 Å². The predicted molar refractivity (Wildman–Crippen MR) is 119 cm³/mol. The van der Waals surface area contributed by atoms with Crippen molar-refractivity contribution in [2.75, 3.05) is 13.2 Å². The number of β-amino-alcohol motifs (C(OH)–C–C–N with tert-alkyl or cyclic N) is 1. The molecule has 1 aromatic heterocycles. The number of nitrogens with zero attached hydrogens (tertiary/aromatic N) is 2. The number of aryl methyl sites for hydroxylation is 1. The molecule has 0 saturated carbocycles. The van der Waals surface area contributed by atoms with E-state index >= 15 is 0 Å². The lowest BCUT2D eigenvalue weighted by Gasteiger charge is -2.22. The highest BCUT2D eigenvalue weighted by molar-refractivity contribution is 7.89. The molecule has 1 fully saturated rings. The van der Waals surface area contributed by atoms with Gasteiger partial charge in [0.25, 0.3) is 0 Å². The number of ketones is 1. The van der Waals surface area contributed by atoms with Gasteiger partial charge < -0.3 is 14.4 Å². The fraction of sp³-hybridized carbons (Fsp3) is 0.364. The summed E-state index contributed by atoms with van der Waals surface area (Å²) in [7, 11) is -4.07.